The van der Waals surface area contributed by atoms with Crippen LogP contribution in [0.4, 0.5) is 16.2 Å². The molecular weight excluding hydrogens is 312 g/mol. The summed E-state index contributed by atoms with van der Waals surface area (Å²) in [6.07, 6.45) is 1.55. The number of carbonyl (C=O) groups excluding carboxylic acids is 2. The van der Waals surface area contributed by atoms with Gasteiger partial charge in [0, 0.05) is 11.9 Å². The van der Waals surface area contributed by atoms with Gasteiger partial charge in [0.2, 0.25) is 11.8 Å². The molecular formula is C16H18N4O4. The minimum atomic E-state index is -0.551. The molecule has 0 spiro atoms. The summed E-state index contributed by atoms with van der Waals surface area (Å²) < 4.78 is 5.30. The van der Waals surface area contributed by atoms with Crippen molar-refractivity contribution < 1.29 is 19.4 Å². The lowest BCUT2D eigenvalue weighted by Gasteiger charge is -2.11. The van der Waals surface area contributed by atoms with E-state index in [1.807, 2.05) is 6.92 Å². The zero-order valence-electron chi connectivity index (χ0n) is 13.1. The van der Waals surface area contributed by atoms with Crippen molar-refractivity contribution in [3.63, 3.8) is 0 Å². The largest absolute Gasteiger partial charge is 0.508 e. The van der Waals surface area contributed by atoms with Crippen LogP contribution in [0.3, 0.4) is 0 Å². The second-order valence-electron chi connectivity index (χ2n) is 4.69. The fraction of sp³-hybridized carbons (Fsp3) is 0.188. The van der Waals surface area contributed by atoms with Gasteiger partial charge in [0.1, 0.15) is 11.4 Å². The van der Waals surface area contributed by atoms with Gasteiger partial charge in [-0.1, -0.05) is 0 Å². The highest BCUT2D eigenvalue weighted by Gasteiger charge is 2.10. The van der Waals surface area contributed by atoms with Crippen LogP contribution in [0.5, 0.6) is 11.6 Å². The van der Waals surface area contributed by atoms with E-state index in [0.717, 1.165) is 0 Å². The van der Waals surface area contributed by atoms with Gasteiger partial charge in [-0.05, 0) is 43.3 Å². The molecule has 1 aromatic heterocycles. The molecule has 0 aliphatic heterocycles. The Kier molecular flexibility index (Phi) is 5.95. The smallest absolute Gasteiger partial charge is 0.319 e. The number of nitrogens with zero attached hydrogens (tertiary/aromatic N) is 1. The van der Waals surface area contributed by atoms with Gasteiger partial charge in [-0.3, -0.25) is 4.79 Å². The number of hydrogen-bond acceptors (Lipinski definition) is 5. The third kappa shape index (κ3) is 5.16. The summed E-state index contributed by atoms with van der Waals surface area (Å²) in [4.78, 5) is 27.6. The van der Waals surface area contributed by atoms with Crippen molar-refractivity contribution in [2.45, 2.75) is 6.92 Å². The zero-order chi connectivity index (χ0) is 17.4. The van der Waals surface area contributed by atoms with Crippen LogP contribution in [-0.4, -0.2) is 35.2 Å². The molecule has 0 fully saturated rings. The molecule has 2 aromatic rings. The van der Waals surface area contributed by atoms with E-state index in [2.05, 4.69) is 20.9 Å². The predicted octanol–water partition coefficient (Wildman–Crippen LogP) is 1.95. The van der Waals surface area contributed by atoms with Crippen LogP contribution in [-0.2, 0) is 4.79 Å². The highest BCUT2D eigenvalue weighted by molar-refractivity contribution is 5.97. The Bertz CT molecular complexity index is 703. The monoisotopic (exact) mass is 330 g/mol. The van der Waals surface area contributed by atoms with Crippen molar-refractivity contribution in [2.75, 3.05) is 23.8 Å². The molecule has 0 unspecified atom stereocenters. The highest BCUT2D eigenvalue weighted by Crippen LogP contribution is 2.20. The van der Waals surface area contributed by atoms with E-state index in [1.165, 1.54) is 12.1 Å². The quantitative estimate of drug-likeness (QED) is 0.605. The van der Waals surface area contributed by atoms with Crippen LogP contribution < -0.4 is 20.7 Å². The van der Waals surface area contributed by atoms with E-state index in [1.54, 1.807) is 30.5 Å². The van der Waals surface area contributed by atoms with Crippen molar-refractivity contribution in [1.29, 1.82) is 0 Å². The van der Waals surface area contributed by atoms with Crippen LogP contribution in [0.2, 0.25) is 0 Å². The Morgan fingerprint density at radius 2 is 1.92 bits per heavy atom. The molecule has 0 saturated heterocycles. The summed E-state index contributed by atoms with van der Waals surface area (Å²) in [5.41, 5.74) is 0.932. The zero-order valence-corrected chi connectivity index (χ0v) is 13.1. The molecule has 0 saturated carbocycles. The van der Waals surface area contributed by atoms with Gasteiger partial charge in [-0.25, -0.2) is 9.78 Å². The summed E-state index contributed by atoms with van der Waals surface area (Å²) in [5, 5.41) is 16.8. The number of aromatic nitrogens is 1. The standard InChI is InChI=1S/C16H18N4O4/c1-2-24-15-13(4-3-9-17-15)20-16(23)18-10-14(22)19-11-5-7-12(21)8-6-11/h3-9,21H,2,10H2,1H3,(H,19,22)(H2,18,20,23). The molecule has 0 atom stereocenters. The van der Waals surface area contributed by atoms with E-state index in [-0.39, 0.29) is 12.3 Å². The summed E-state index contributed by atoms with van der Waals surface area (Å²) in [6, 6.07) is 8.77. The van der Waals surface area contributed by atoms with Gasteiger partial charge in [-0.15, -0.1) is 0 Å². The molecule has 4 N–H and O–H groups in total. The number of ether oxygens (including phenoxy) is 1. The number of phenols is 1. The second kappa shape index (κ2) is 8.37. The first-order valence-corrected chi connectivity index (χ1v) is 7.30. The minimum absolute atomic E-state index is 0.104. The number of pyridine rings is 1. The number of anilines is 2. The number of carbonyl (C=O) groups is 2. The lowest BCUT2D eigenvalue weighted by atomic mass is 10.3. The van der Waals surface area contributed by atoms with E-state index >= 15 is 0 Å². The van der Waals surface area contributed by atoms with Crippen LogP contribution in [0.15, 0.2) is 42.6 Å². The molecule has 3 amide bonds. The minimum Gasteiger partial charge on any atom is -0.508 e. The van der Waals surface area contributed by atoms with Crippen molar-refractivity contribution in [1.82, 2.24) is 10.3 Å². The number of phenolic OH excluding ortho intramolecular Hbond substituents is 1. The van der Waals surface area contributed by atoms with Gasteiger partial charge in [0.15, 0.2) is 0 Å². The number of rotatable bonds is 6. The molecule has 0 bridgehead atoms. The lowest BCUT2D eigenvalue weighted by molar-refractivity contribution is -0.115. The second-order valence-corrected chi connectivity index (χ2v) is 4.69. The SMILES string of the molecule is CCOc1ncccc1NC(=O)NCC(=O)Nc1ccc(O)cc1. The van der Waals surface area contributed by atoms with E-state index < -0.39 is 11.9 Å². The Labute approximate surface area is 138 Å². The third-order valence-electron chi connectivity index (χ3n) is 2.86. The average molecular weight is 330 g/mol. The summed E-state index contributed by atoms with van der Waals surface area (Å²) in [6.45, 7) is 2.02. The van der Waals surface area contributed by atoms with Gasteiger partial charge >= 0.3 is 6.03 Å². The first-order valence-electron chi connectivity index (χ1n) is 7.30. The topological polar surface area (TPSA) is 113 Å². The van der Waals surface area contributed by atoms with Gasteiger partial charge in [0.25, 0.3) is 0 Å². The summed E-state index contributed by atoms with van der Waals surface area (Å²) >= 11 is 0. The van der Waals surface area contributed by atoms with Gasteiger partial charge < -0.3 is 25.8 Å². The predicted molar refractivity (Wildman–Crippen MR) is 89.2 cm³/mol. The fourth-order valence-electron chi connectivity index (χ4n) is 1.81. The van der Waals surface area contributed by atoms with Crippen LogP contribution in [0.1, 0.15) is 6.92 Å². The molecule has 126 valence electrons. The number of aromatic hydroxyl groups is 1. The number of nitrogens with one attached hydrogen (secondary N) is 3. The molecule has 0 aliphatic rings. The van der Waals surface area contributed by atoms with Gasteiger partial charge in [-0.2, -0.15) is 0 Å². The Morgan fingerprint density at radius 1 is 1.17 bits per heavy atom. The Hall–Kier alpha value is -3.29. The van der Waals surface area contributed by atoms with Crippen molar-refractivity contribution in [3.05, 3.63) is 42.6 Å². The molecule has 1 heterocycles. The maximum atomic E-state index is 11.9. The third-order valence-corrected chi connectivity index (χ3v) is 2.86. The van der Waals surface area contributed by atoms with E-state index in [4.69, 9.17) is 4.74 Å². The highest BCUT2D eigenvalue weighted by atomic mass is 16.5. The average Bonchev–Trinajstić information content (AvgIpc) is 2.57. The molecule has 8 heteroatoms. The maximum Gasteiger partial charge on any atom is 0.319 e. The lowest BCUT2D eigenvalue weighted by Crippen LogP contribution is -2.35. The van der Waals surface area contributed by atoms with Crippen LogP contribution in [0, 0.1) is 0 Å². The molecule has 24 heavy (non-hydrogen) atoms. The first kappa shape index (κ1) is 17.1. The molecule has 1 aromatic carbocycles. The molecule has 2 rings (SSSR count). The van der Waals surface area contributed by atoms with Crippen molar-refractivity contribution >= 4 is 23.3 Å². The summed E-state index contributed by atoms with van der Waals surface area (Å²) in [5.74, 6) is 0.0165. The number of hydrogen-bond donors (Lipinski definition) is 4. The molecule has 0 aliphatic carbocycles. The van der Waals surface area contributed by atoms with Gasteiger partial charge in [0.05, 0.1) is 13.2 Å². The van der Waals surface area contributed by atoms with E-state index in [9.17, 15) is 14.7 Å². The fourth-order valence-corrected chi connectivity index (χ4v) is 1.81. The number of urea groups is 1. The van der Waals surface area contributed by atoms with E-state index in [0.29, 0.717) is 23.9 Å². The van der Waals surface area contributed by atoms with Crippen molar-refractivity contribution in [3.8, 4) is 11.6 Å². The maximum absolute atomic E-state index is 11.9. The Balaban J connectivity index is 1.82. The summed E-state index contributed by atoms with van der Waals surface area (Å²) in [7, 11) is 0. The molecule has 0 radical (unpaired) electrons. The first-order chi connectivity index (χ1) is 11.6. The number of amides is 3. The van der Waals surface area contributed by atoms with Crippen LogP contribution >= 0.6 is 0 Å². The van der Waals surface area contributed by atoms with Crippen LogP contribution in [0.25, 0.3) is 0 Å². The number of benzene rings is 1. The normalized spacial score (nSPS) is 9.88. The Morgan fingerprint density at radius 3 is 2.62 bits per heavy atom. The van der Waals surface area contributed by atoms with Crippen molar-refractivity contribution in [2.24, 2.45) is 0 Å². The molecule has 8 nitrogen and oxygen atoms in total.